The molecule has 0 radical (unpaired) electrons. The van der Waals surface area contributed by atoms with E-state index in [4.69, 9.17) is 5.73 Å². The van der Waals surface area contributed by atoms with Crippen molar-refractivity contribution in [3.8, 4) is 0 Å². The molecule has 1 heterocycles. The summed E-state index contributed by atoms with van der Waals surface area (Å²) in [5, 5.41) is 3.93. The first-order chi connectivity index (χ1) is 7.70. The topological polar surface area (TPSA) is 68.0 Å². The summed E-state index contributed by atoms with van der Waals surface area (Å²) in [5.41, 5.74) is 7.56. The smallest absolute Gasteiger partial charge is 0.250 e. The minimum atomic E-state index is -0.167. The molecule has 0 aliphatic rings. The number of nitrogens with zero attached hydrogens (tertiary/aromatic N) is 1. The standard InChI is InChI=1S/C12H19N3OS/c1-7(2)6-8(16)14-11-15-9(10(13)17-11)12(3,4)5/h6H,13H2,1-5H3,(H,14,15,16). The predicted octanol–water partition coefficient (Wildman–Crippen LogP) is 2.93. The third-order valence-electron chi connectivity index (χ3n) is 2.01. The number of anilines is 2. The van der Waals surface area contributed by atoms with Crippen molar-refractivity contribution in [3.05, 3.63) is 17.3 Å². The van der Waals surface area contributed by atoms with Gasteiger partial charge in [0.25, 0.3) is 0 Å². The van der Waals surface area contributed by atoms with Crippen LogP contribution in [-0.2, 0) is 10.2 Å². The molecule has 0 saturated carbocycles. The van der Waals surface area contributed by atoms with Gasteiger partial charge in [0.15, 0.2) is 5.13 Å². The molecule has 1 aromatic heterocycles. The summed E-state index contributed by atoms with van der Waals surface area (Å²) < 4.78 is 0. The van der Waals surface area contributed by atoms with Gasteiger partial charge in [0.2, 0.25) is 5.91 Å². The molecule has 4 nitrogen and oxygen atoms in total. The van der Waals surface area contributed by atoms with Crippen LogP contribution in [-0.4, -0.2) is 10.9 Å². The average molecular weight is 253 g/mol. The molecular weight excluding hydrogens is 234 g/mol. The van der Waals surface area contributed by atoms with Crippen LogP contribution < -0.4 is 11.1 Å². The molecule has 0 spiro atoms. The molecule has 1 aromatic rings. The normalized spacial score (nSPS) is 11.1. The van der Waals surface area contributed by atoms with Gasteiger partial charge < -0.3 is 5.73 Å². The van der Waals surface area contributed by atoms with E-state index >= 15 is 0 Å². The number of aromatic nitrogens is 1. The highest BCUT2D eigenvalue weighted by Crippen LogP contribution is 2.33. The van der Waals surface area contributed by atoms with Gasteiger partial charge in [-0.25, -0.2) is 4.98 Å². The first-order valence-electron chi connectivity index (χ1n) is 5.43. The van der Waals surface area contributed by atoms with Crippen molar-refractivity contribution in [2.75, 3.05) is 11.1 Å². The van der Waals surface area contributed by atoms with Crippen LogP contribution in [0.2, 0.25) is 0 Å². The first-order valence-corrected chi connectivity index (χ1v) is 6.24. The van der Waals surface area contributed by atoms with Crippen molar-refractivity contribution < 1.29 is 4.79 Å². The molecular formula is C12H19N3OS. The Kier molecular flexibility index (Phi) is 3.93. The number of hydrogen-bond donors (Lipinski definition) is 2. The fraction of sp³-hybridized carbons (Fsp3) is 0.500. The third kappa shape index (κ3) is 3.85. The molecule has 0 aliphatic carbocycles. The van der Waals surface area contributed by atoms with Crippen LogP contribution in [0.4, 0.5) is 10.1 Å². The lowest BCUT2D eigenvalue weighted by Gasteiger charge is -2.15. The molecule has 1 amide bonds. The van der Waals surface area contributed by atoms with Crippen molar-refractivity contribution in [1.82, 2.24) is 4.98 Å². The molecule has 0 aliphatic heterocycles. The zero-order chi connectivity index (χ0) is 13.2. The molecule has 0 fully saturated rings. The number of nitrogens with two attached hydrogens (primary N) is 1. The van der Waals surface area contributed by atoms with Crippen molar-refractivity contribution in [2.45, 2.75) is 40.0 Å². The van der Waals surface area contributed by atoms with E-state index in [2.05, 4.69) is 10.3 Å². The van der Waals surface area contributed by atoms with Crippen LogP contribution in [0, 0.1) is 0 Å². The number of amides is 1. The fourth-order valence-corrected chi connectivity index (χ4v) is 2.27. The van der Waals surface area contributed by atoms with Gasteiger partial charge in [0.1, 0.15) is 5.00 Å². The summed E-state index contributed by atoms with van der Waals surface area (Å²) in [7, 11) is 0. The van der Waals surface area contributed by atoms with Gasteiger partial charge in [-0.3, -0.25) is 10.1 Å². The summed E-state index contributed by atoms with van der Waals surface area (Å²) in [6.45, 7) is 9.87. The number of thiazole rings is 1. The van der Waals surface area contributed by atoms with Crippen LogP contribution >= 0.6 is 11.3 Å². The van der Waals surface area contributed by atoms with E-state index in [9.17, 15) is 4.79 Å². The summed E-state index contributed by atoms with van der Waals surface area (Å²) in [6, 6.07) is 0. The molecule has 0 unspecified atom stereocenters. The molecule has 0 bridgehead atoms. The molecule has 94 valence electrons. The lowest BCUT2D eigenvalue weighted by atomic mass is 9.93. The maximum absolute atomic E-state index is 11.5. The minimum absolute atomic E-state index is 0.111. The summed E-state index contributed by atoms with van der Waals surface area (Å²) in [5.74, 6) is -0.167. The Morgan fingerprint density at radius 2 is 2.00 bits per heavy atom. The highest BCUT2D eigenvalue weighted by molar-refractivity contribution is 7.19. The van der Waals surface area contributed by atoms with Gasteiger partial charge in [-0.2, -0.15) is 0 Å². The van der Waals surface area contributed by atoms with Gasteiger partial charge in [-0.15, -0.1) is 0 Å². The molecule has 17 heavy (non-hydrogen) atoms. The lowest BCUT2D eigenvalue weighted by Crippen LogP contribution is -2.14. The number of hydrogen-bond acceptors (Lipinski definition) is 4. The fourth-order valence-electron chi connectivity index (χ4n) is 1.33. The van der Waals surface area contributed by atoms with Crippen molar-refractivity contribution in [2.24, 2.45) is 0 Å². The number of carbonyl (C=O) groups excluding carboxylic acids is 1. The third-order valence-corrected chi connectivity index (χ3v) is 2.81. The van der Waals surface area contributed by atoms with Crippen LogP contribution in [0.15, 0.2) is 11.6 Å². The molecule has 0 aromatic carbocycles. The van der Waals surface area contributed by atoms with E-state index in [0.717, 1.165) is 11.3 Å². The summed E-state index contributed by atoms with van der Waals surface area (Å²) in [6.07, 6.45) is 1.54. The second kappa shape index (κ2) is 4.87. The number of nitrogen functional groups attached to an aromatic ring is 1. The molecule has 5 heteroatoms. The molecule has 1 rings (SSSR count). The van der Waals surface area contributed by atoms with Gasteiger partial charge in [0, 0.05) is 11.5 Å². The Morgan fingerprint density at radius 1 is 1.41 bits per heavy atom. The van der Waals surface area contributed by atoms with E-state index in [1.807, 2.05) is 34.6 Å². The average Bonchev–Trinajstić information content (AvgIpc) is 2.43. The van der Waals surface area contributed by atoms with Crippen molar-refractivity contribution >= 4 is 27.4 Å². The van der Waals surface area contributed by atoms with E-state index in [0.29, 0.717) is 10.1 Å². The molecule has 3 N–H and O–H groups in total. The second-order valence-electron chi connectivity index (χ2n) is 5.19. The van der Waals surface area contributed by atoms with E-state index in [1.165, 1.54) is 17.4 Å². The van der Waals surface area contributed by atoms with Gasteiger partial charge in [-0.1, -0.05) is 37.7 Å². The maximum Gasteiger partial charge on any atom is 0.250 e. The van der Waals surface area contributed by atoms with E-state index in [-0.39, 0.29) is 11.3 Å². The van der Waals surface area contributed by atoms with Crippen LogP contribution in [0.5, 0.6) is 0 Å². The summed E-state index contributed by atoms with van der Waals surface area (Å²) >= 11 is 1.30. The van der Waals surface area contributed by atoms with Gasteiger partial charge >= 0.3 is 0 Å². The number of carbonyl (C=O) groups is 1. The zero-order valence-corrected chi connectivity index (χ0v) is 11.7. The lowest BCUT2D eigenvalue weighted by molar-refractivity contribution is -0.111. The van der Waals surface area contributed by atoms with Crippen LogP contribution in [0.3, 0.4) is 0 Å². The molecule has 0 atom stereocenters. The van der Waals surface area contributed by atoms with Crippen LogP contribution in [0.1, 0.15) is 40.3 Å². The Hall–Kier alpha value is -1.36. The van der Waals surface area contributed by atoms with E-state index in [1.54, 1.807) is 0 Å². The Labute approximate surface area is 106 Å². The minimum Gasteiger partial charge on any atom is -0.389 e. The zero-order valence-electron chi connectivity index (χ0n) is 10.9. The number of allylic oxidation sites excluding steroid dienone is 1. The van der Waals surface area contributed by atoms with E-state index < -0.39 is 0 Å². The van der Waals surface area contributed by atoms with Crippen LogP contribution in [0.25, 0.3) is 0 Å². The second-order valence-corrected chi connectivity index (χ2v) is 6.22. The SMILES string of the molecule is CC(C)=CC(=O)Nc1nc(C(C)(C)C)c(N)s1. The summed E-state index contributed by atoms with van der Waals surface area (Å²) in [4.78, 5) is 15.9. The predicted molar refractivity (Wildman–Crippen MR) is 73.3 cm³/mol. The Bertz CT molecular complexity index is 451. The van der Waals surface area contributed by atoms with Gasteiger partial charge in [-0.05, 0) is 13.8 Å². The largest absolute Gasteiger partial charge is 0.389 e. The van der Waals surface area contributed by atoms with Crippen molar-refractivity contribution in [3.63, 3.8) is 0 Å². The maximum atomic E-state index is 11.5. The Morgan fingerprint density at radius 3 is 2.41 bits per heavy atom. The molecule has 0 saturated heterocycles. The van der Waals surface area contributed by atoms with Gasteiger partial charge in [0.05, 0.1) is 5.69 Å². The Balaban J connectivity index is 2.89. The number of rotatable bonds is 2. The first kappa shape index (κ1) is 13.7. The van der Waals surface area contributed by atoms with Crippen molar-refractivity contribution in [1.29, 1.82) is 0 Å². The monoisotopic (exact) mass is 253 g/mol. The quantitative estimate of drug-likeness (QED) is 0.796. The highest BCUT2D eigenvalue weighted by Gasteiger charge is 2.22. The number of nitrogens with one attached hydrogen (secondary N) is 1. The highest BCUT2D eigenvalue weighted by atomic mass is 32.1.